The average Bonchev–Trinajstić information content (AvgIpc) is 3.19. The number of nitrogens with zero attached hydrogens (tertiary/aromatic N) is 2. The van der Waals surface area contributed by atoms with Gasteiger partial charge in [0.1, 0.15) is 5.75 Å². The maximum absolute atomic E-state index is 15.1. The first-order valence-corrected chi connectivity index (χ1v) is 12.1. The molecule has 0 N–H and O–H groups in total. The number of allylic oxidation sites excluding steroid dienone is 1. The largest absolute Gasteiger partial charge is 0.493 e. The molecule has 2 aliphatic heterocycles. The van der Waals surface area contributed by atoms with Gasteiger partial charge in [-0.25, -0.2) is 4.39 Å². The standard InChI is InChI=1S/C28H29FN2O4/c1-18-10-19-4-5-24(27(29)20(19)11-18)35-23-6-7-30-22-13-26(25(32-2)12-21(22)23)34-9-3-8-31-14-28(15-31)16-33-17-28/h4-7,11-13H,3,8-10,14-17H2,1-2H3. The van der Waals surface area contributed by atoms with E-state index < -0.39 is 0 Å². The lowest BCUT2D eigenvalue weighted by Crippen LogP contribution is -2.65. The third-order valence-electron chi connectivity index (χ3n) is 7.11. The van der Waals surface area contributed by atoms with Crippen molar-refractivity contribution < 1.29 is 23.3 Å². The zero-order valence-corrected chi connectivity index (χ0v) is 20.1. The van der Waals surface area contributed by atoms with E-state index in [4.69, 9.17) is 18.9 Å². The Hall–Kier alpha value is -3.16. The Morgan fingerprint density at radius 1 is 1.09 bits per heavy atom. The topological polar surface area (TPSA) is 53.0 Å². The fraction of sp³-hybridized carbons (Fsp3) is 0.393. The second-order valence-electron chi connectivity index (χ2n) is 9.95. The highest BCUT2D eigenvalue weighted by Crippen LogP contribution is 2.40. The van der Waals surface area contributed by atoms with Crippen molar-refractivity contribution in [3.05, 3.63) is 59.0 Å². The van der Waals surface area contributed by atoms with Gasteiger partial charge in [-0.1, -0.05) is 17.7 Å². The third-order valence-corrected chi connectivity index (χ3v) is 7.11. The highest BCUT2D eigenvalue weighted by molar-refractivity contribution is 5.88. The molecule has 1 aromatic heterocycles. The molecule has 2 saturated heterocycles. The number of rotatable bonds is 8. The van der Waals surface area contributed by atoms with Gasteiger partial charge in [0.2, 0.25) is 0 Å². The van der Waals surface area contributed by atoms with Crippen molar-refractivity contribution in [3.8, 4) is 23.0 Å². The Morgan fingerprint density at radius 3 is 2.71 bits per heavy atom. The van der Waals surface area contributed by atoms with Gasteiger partial charge in [-0.2, -0.15) is 0 Å². The monoisotopic (exact) mass is 476 g/mol. The molecule has 3 aliphatic rings. The predicted octanol–water partition coefficient (Wildman–Crippen LogP) is 5.24. The first-order chi connectivity index (χ1) is 17.0. The minimum atomic E-state index is -0.339. The molecule has 1 aliphatic carbocycles. The summed E-state index contributed by atoms with van der Waals surface area (Å²) in [6.45, 7) is 7.67. The Morgan fingerprint density at radius 2 is 1.94 bits per heavy atom. The van der Waals surface area contributed by atoms with Gasteiger partial charge < -0.3 is 23.8 Å². The van der Waals surface area contributed by atoms with E-state index in [1.165, 1.54) is 0 Å². The van der Waals surface area contributed by atoms with E-state index in [1.807, 2.05) is 31.2 Å². The molecule has 2 aromatic carbocycles. The van der Waals surface area contributed by atoms with Crippen molar-refractivity contribution in [3.63, 3.8) is 0 Å². The molecule has 0 bridgehead atoms. The number of hydrogen-bond donors (Lipinski definition) is 0. The minimum absolute atomic E-state index is 0.197. The first kappa shape index (κ1) is 22.3. The van der Waals surface area contributed by atoms with Crippen molar-refractivity contribution in [1.29, 1.82) is 0 Å². The van der Waals surface area contributed by atoms with E-state index in [-0.39, 0.29) is 11.6 Å². The molecule has 35 heavy (non-hydrogen) atoms. The number of benzene rings is 2. The number of hydrogen-bond acceptors (Lipinski definition) is 6. The number of fused-ring (bicyclic) bond motifs is 2. The molecule has 0 atom stereocenters. The van der Waals surface area contributed by atoms with Gasteiger partial charge in [0, 0.05) is 48.3 Å². The highest BCUT2D eigenvalue weighted by atomic mass is 19.1. The zero-order chi connectivity index (χ0) is 24.0. The van der Waals surface area contributed by atoms with E-state index >= 15 is 4.39 Å². The normalized spacial score (nSPS) is 18.1. The molecule has 0 radical (unpaired) electrons. The zero-order valence-electron chi connectivity index (χ0n) is 20.1. The van der Waals surface area contributed by atoms with E-state index in [9.17, 15) is 0 Å². The van der Waals surface area contributed by atoms with Crippen LogP contribution in [-0.2, 0) is 11.2 Å². The fourth-order valence-electron chi connectivity index (χ4n) is 5.31. The third kappa shape index (κ3) is 4.13. The molecule has 7 heteroatoms. The number of halogens is 1. The number of methoxy groups -OCH3 is 1. The number of likely N-dealkylation sites (tertiary alicyclic amines) is 1. The summed E-state index contributed by atoms with van der Waals surface area (Å²) in [5, 5.41) is 0.733. The predicted molar refractivity (Wildman–Crippen MR) is 132 cm³/mol. The lowest BCUT2D eigenvalue weighted by Gasteiger charge is -2.55. The van der Waals surface area contributed by atoms with Gasteiger partial charge in [-0.15, -0.1) is 0 Å². The van der Waals surface area contributed by atoms with Crippen LogP contribution in [0.4, 0.5) is 4.39 Å². The summed E-state index contributed by atoms with van der Waals surface area (Å²) < 4.78 is 38.2. The summed E-state index contributed by atoms with van der Waals surface area (Å²) in [6.07, 6.45) is 5.25. The van der Waals surface area contributed by atoms with Crippen LogP contribution in [0.25, 0.3) is 17.0 Å². The molecule has 182 valence electrons. The van der Waals surface area contributed by atoms with Crippen molar-refractivity contribution >= 4 is 17.0 Å². The van der Waals surface area contributed by atoms with Crippen LogP contribution >= 0.6 is 0 Å². The molecule has 1 spiro atoms. The highest BCUT2D eigenvalue weighted by Gasteiger charge is 2.48. The molecule has 2 fully saturated rings. The fourth-order valence-corrected chi connectivity index (χ4v) is 5.31. The number of ether oxygens (including phenoxy) is 4. The Labute approximate surface area is 204 Å². The van der Waals surface area contributed by atoms with Crippen LogP contribution in [0.3, 0.4) is 0 Å². The summed E-state index contributed by atoms with van der Waals surface area (Å²) in [4.78, 5) is 6.93. The molecule has 6 rings (SSSR count). The van der Waals surface area contributed by atoms with E-state index in [0.717, 1.165) is 62.2 Å². The Balaban J connectivity index is 1.16. The second kappa shape index (κ2) is 8.81. The molecule has 0 amide bonds. The van der Waals surface area contributed by atoms with Crippen molar-refractivity contribution in [1.82, 2.24) is 9.88 Å². The molecule has 3 heterocycles. The molecule has 3 aromatic rings. The Bertz CT molecular complexity index is 1310. The van der Waals surface area contributed by atoms with Crippen molar-refractivity contribution in [2.24, 2.45) is 5.41 Å². The minimum Gasteiger partial charge on any atom is -0.493 e. The van der Waals surface area contributed by atoms with Gasteiger partial charge in [0.25, 0.3) is 0 Å². The summed E-state index contributed by atoms with van der Waals surface area (Å²) in [7, 11) is 1.61. The van der Waals surface area contributed by atoms with Crippen LogP contribution in [-0.4, -0.2) is 56.4 Å². The first-order valence-electron chi connectivity index (χ1n) is 12.1. The molecular weight excluding hydrogens is 447 g/mol. The molecular formula is C28H29FN2O4. The van der Waals surface area contributed by atoms with E-state index in [0.29, 0.717) is 40.4 Å². The van der Waals surface area contributed by atoms with Gasteiger partial charge in [0.05, 0.1) is 32.4 Å². The second-order valence-corrected chi connectivity index (χ2v) is 9.95. The lowest BCUT2D eigenvalue weighted by atomic mass is 9.78. The van der Waals surface area contributed by atoms with E-state index in [2.05, 4.69) is 9.88 Å². The summed E-state index contributed by atoms with van der Waals surface area (Å²) >= 11 is 0. The van der Waals surface area contributed by atoms with Crippen LogP contribution in [0.15, 0.2) is 42.1 Å². The van der Waals surface area contributed by atoms with Gasteiger partial charge >= 0.3 is 0 Å². The SMILES string of the molecule is COc1cc2c(Oc3ccc4c(c3F)C=C(C)C4)ccnc2cc1OCCCN1CC2(COC2)C1. The molecule has 0 saturated carbocycles. The van der Waals surface area contributed by atoms with Crippen LogP contribution in [0, 0.1) is 11.2 Å². The van der Waals surface area contributed by atoms with Gasteiger partial charge in [-0.05, 0) is 43.5 Å². The quantitative estimate of drug-likeness (QED) is 0.415. The van der Waals surface area contributed by atoms with Gasteiger partial charge in [0.15, 0.2) is 23.1 Å². The summed E-state index contributed by atoms with van der Waals surface area (Å²) in [5.41, 5.74) is 3.88. The average molecular weight is 477 g/mol. The maximum Gasteiger partial charge on any atom is 0.173 e. The van der Waals surface area contributed by atoms with Crippen LogP contribution in [0.5, 0.6) is 23.0 Å². The lowest BCUT2D eigenvalue weighted by molar-refractivity contribution is -0.189. The molecule has 6 nitrogen and oxygen atoms in total. The number of aromatic nitrogens is 1. The Kier molecular flexibility index (Phi) is 5.61. The van der Waals surface area contributed by atoms with Gasteiger partial charge in [-0.3, -0.25) is 4.98 Å². The van der Waals surface area contributed by atoms with Crippen LogP contribution in [0.1, 0.15) is 24.5 Å². The van der Waals surface area contributed by atoms with Crippen LogP contribution in [0.2, 0.25) is 0 Å². The summed E-state index contributed by atoms with van der Waals surface area (Å²) in [6, 6.07) is 9.06. The summed E-state index contributed by atoms with van der Waals surface area (Å²) in [5.74, 6) is 1.61. The van der Waals surface area contributed by atoms with Crippen molar-refractivity contribution in [2.75, 3.05) is 46.6 Å². The maximum atomic E-state index is 15.1. The number of pyridine rings is 1. The van der Waals surface area contributed by atoms with Crippen molar-refractivity contribution in [2.45, 2.75) is 19.8 Å². The van der Waals surface area contributed by atoms with E-state index in [1.54, 1.807) is 25.4 Å². The molecule has 0 unspecified atom stereocenters. The van der Waals surface area contributed by atoms with Crippen LogP contribution < -0.4 is 14.2 Å². The smallest absolute Gasteiger partial charge is 0.173 e.